The molecule has 1 N–H and O–H groups in total. The lowest BCUT2D eigenvalue weighted by molar-refractivity contribution is -0.133. The molecular weight excluding hydrogens is 218 g/mol. The number of imide groups is 1. The molecule has 3 heterocycles. The molecule has 3 saturated heterocycles. The highest BCUT2D eigenvalue weighted by Crippen LogP contribution is 2.42. The van der Waals surface area contributed by atoms with E-state index in [9.17, 15) is 9.59 Å². The third-order valence-electron chi connectivity index (χ3n) is 4.72. The van der Waals surface area contributed by atoms with Gasteiger partial charge in [-0.2, -0.15) is 0 Å². The molecule has 0 radical (unpaired) electrons. The van der Waals surface area contributed by atoms with Crippen molar-refractivity contribution in [3.05, 3.63) is 0 Å². The van der Waals surface area contributed by atoms with E-state index in [2.05, 4.69) is 17.3 Å². The Labute approximate surface area is 101 Å². The van der Waals surface area contributed by atoms with E-state index in [1.165, 1.54) is 4.90 Å². The summed E-state index contributed by atoms with van der Waals surface area (Å²) in [6.45, 7) is 2.32. The molecule has 0 aliphatic carbocycles. The number of likely N-dealkylation sites (N-methyl/N-ethyl adjacent to an activating group) is 1. The summed E-state index contributed by atoms with van der Waals surface area (Å²) in [5.74, 6) is -0.00463. The average Bonchev–Trinajstić information content (AvgIpc) is 2.65. The van der Waals surface area contributed by atoms with Crippen molar-refractivity contribution in [2.45, 2.75) is 50.2 Å². The predicted molar refractivity (Wildman–Crippen MR) is 62.5 cm³/mol. The van der Waals surface area contributed by atoms with Crippen LogP contribution in [-0.2, 0) is 4.79 Å². The zero-order valence-corrected chi connectivity index (χ0v) is 10.4. The Morgan fingerprint density at radius 3 is 2.35 bits per heavy atom. The molecule has 5 nitrogen and oxygen atoms in total. The first-order valence-corrected chi connectivity index (χ1v) is 6.43. The van der Waals surface area contributed by atoms with Gasteiger partial charge in [-0.15, -0.1) is 0 Å². The minimum Gasteiger partial charge on any atom is -0.323 e. The van der Waals surface area contributed by atoms with E-state index in [0.717, 1.165) is 25.7 Å². The molecule has 3 amide bonds. The Kier molecular flexibility index (Phi) is 2.23. The fraction of sp³-hybridized carbons (Fsp3) is 0.833. The summed E-state index contributed by atoms with van der Waals surface area (Å²) >= 11 is 0. The number of amides is 3. The number of carbonyl (C=O) groups excluding carboxylic acids is 2. The number of hydrogen-bond acceptors (Lipinski definition) is 3. The van der Waals surface area contributed by atoms with E-state index in [4.69, 9.17) is 0 Å². The number of nitrogens with one attached hydrogen (secondary N) is 1. The number of carbonyl (C=O) groups is 2. The summed E-state index contributed by atoms with van der Waals surface area (Å²) in [6, 6.07) is 0.700. The molecular formula is C12H19N3O2. The lowest BCUT2D eigenvalue weighted by atomic mass is 9.83. The molecule has 0 aromatic carbocycles. The van der Waals surface area contributed by atoms with Crippen LogP contribution in [0.1, 0.15) is 32.6 Å². The predicted octanol–water partition coefficient (Wildman–Crippen LogP) is 0.553. The topological polar surface area (TPSA) is 52.7 Å². The number of urea groups is 1. The van der Waals surface area contributed by atoms with Gasteiger partial charge in [0, 0.05) is 18.6 Å². The second kappa shape index (κ2) is 3.45. The average molecular weight is 237 g/mol. The van der Waals surface area contributed by atoms with Gasteiger partial charge in [-0.1, -0.05) is 0 Å². The van der Waals surface area contributed by atoms with Crippen molar-refractivity contribution in [2.24, 2.45) is 0 Å². The van der Waals surface area contributed by atoms with Crippen molar-refractivity contribution in [1.82, 2.24) is 15.1 Å². The number of hydrogen-bond donors (Lipinski definition) is 1. The summed E-state index contributed by atoms with van der Waals surface area (Å²) in [5, 5.41) is 2.95. The molecule has 3 fully saturated rings. The monoisotopic (exact) mass is 237 g/mol. The van der Waals surface area contributed by atoms with Crippen LogP contribution in [0.2, 0.25) is 0 Å². The maximum Gasteiger partial charge on any atom is 0.325 e. The van der Waals surface area contributed by atoms with E-state index in [-0.39, 0.29) is 11.9 Å². The molecule has 2 unspecified atom stereocenters. The highest BCUT2D eigenvalue weighted by atomic mass is 16.2. The van der Waals surface area contributed by atoms with Crippen molar-refractivity contribution < 1.29 is 9.59 Å². The summed E-state index contributed by atoms with van der Waals surface area (Å²) < 4.78 is 0. The first-order valence-electron chi connectivity index (χ1n) is 6.43. The Morgan fingerprint density at radius 2 is 1.88 bits per heavy atom. The zero-order valence-electron chi connectivity index (χ0n) is 10.4. The van der Waals surface area contributed by atoms with Gasteiger partial charge in [-0.25, -0.2) is 4.79 Å². The Balaban J connectivity index is 1.89. The van der Waals surface area contributed by atoms with Crippen LogP contribution in [-0.4, -0.2) is 53.0 Å². The molecule has 3 aliphatic rings. The fourth-order valence-corrected chi connectivity index (χ4v) is 3.71. The number of rotatable bonds is 1. The van der Waals surface area contributed by atoms with E-state index < -0.39 is 5.54 Å². The Hall–Kier alpha value is -1.10. The minimum absolute atomic E-state index is 0.00463. The van der Waals surface area contributed by atoms with Gasteiger partial charge in [-0.3, -0.25) is 9.69 Å². The van der Waals surface area contributed by atoms with Gasteiger partial charge >= 0.3 is 6.03 Å². The largest absolute Gasteiger partial charge is 0.325 e. The van der Waals surface area contributed by atoms with E-state index >= 15 is 0 Å². The molecule has 5 heteroatoms. The van der Waals surface area contributed by atoms with Crippen LogP contribution < -0.4 is 5.32 Å². The Bertz CT molecular complexity index is 368. The van der Waals surface area contributed by atoms with Crippen molar-refractivity contribution in [1.29, 1.82) is 0 Å². The van der Waals surface area contributed by atoms with Crippen LogP contribution in [0.4, 0.5) is 4.79 Å². The molecule has 0 saturated carbocycles. The van der Waals surface area contributed by atoms with E-state index in [1.54, 1.807) is 0 Å². The standard InChI is InChI=1S/C12H19N3O2/c1-3-15-10(16)12(13-11(15)17)6-8-4-5-9(7-12)14(8)2/h8-9H,3-7H2,1-2H3,(H,13,17). The SMILES string of the molecule is CCN1C(=O)NC2(CC3CCC(C2)N3C)C1=O. The van der Waals surface area contributed by atoms with Gasteiger partial charge in [-0.05, 0) is 39.7 Å². The summed E-state index contributed by atoms with van der Waals surface area (Å²) in [5.41, 5.74) is -0.592. The lowest BCUT2D eigenvalue weighted by Gasteiger charge is -2.41. The van der Waals surface area contributed by atoms with Crippen LogP contribution in [0, 0.1) is 0 Å². The van der Waals surface area contributed by atoms with E-state index in [1.807, 2.05) is 6.92 Å². The third-order valence-corrected chi connectivity index (χ3v) is 4.72. The summed E-state index contributed by atoms with van der Waals surface area (Å²) in [7, 11) is 2.13. The number of nitrogens with zero attached hydrogens (tertiary/aromatic N) is 2. The molecule has 3 rings (SSSR count). The highest BCUT2D eigenvalue weighted by Gasteiger charge is 2.57. The number of fused-ring (bicyclic) bond motifs is 2. The number of piperidine rings is 1. The van der Waals surface area contributed by atoms with Gasteiger partial charge in [0.2, 0.25) is 0 Å². The van der Waals surface area contributed by atoms with Crippen LogP contribution in [0.3, 0.4) is 0 Å². The van der Waals surface area contributed by atoms with Crippen molar-refractivity contribution in [3.63, 3.8) is 0 Å². The van der Waals surface area contributed by atoms with Gasteiger partial charge < -0.3 is 10.2 Å². The molecule has 0 aromatic rings. The zero-order chi connectivity index (χ0) is 12.2. The molecule has 2 bridgehead atoms. The van der Waals surface area contributed by atoms with Crippen LogP contribution in [0.25, 0.3) is 0 Å². The molecule has 94 valence electrons. The van der Waals surface area contributed by atoms with E-state index in [0.29, 0.717) is 18.6 Å². The van der Waals surface area contributed by atoms with Crippen molar-refractivity contribution in [3.8, 4) is 0 Å². The maximum absolute atomic E-state index is 12.4. The third kappa shape index (κ3) is 1.35. The van der Waals surface area contributed by atoms with Crippen LogP contribution in [0.15, 0.2) is 0 Å². The Morgan fingerprint density at radius 1 is 1.29 bits per heavy atom. The van der Waals surface area contributed by atoms with Gasteiger partial charge in [0.1, 0.15) is 5.54 Å². The molecule has 0 aromatic heterocycles. The van der Waals surface area contributed by atoms with Crippen LogP contribution >= 0.6 is 0 Å². The molecule has 1 spiro atoms. The lowest BCUT2D eigenvalue weighted by Crippen LogP contribution is -2.58. The summed E-state index contributed by atoms with van der Waals surface area (Å²) in [6.07, 6.45) is 3.86. The summed E-state index contributed by atoms with van der Waals surface area (Å²) in [4.78, 5) is 27.9. The molecule has 3 aliphatic heterocycles. The van der Waals surface area contributed by atoms with Gasteiger partial charge in [0.15, 0.2) is 0 Å². The first kappa shape index (κ1) is 11.0. The van der Waals surface area contributed by atoms with Gasteiger partial charge in [0.05, 0.1) is 0 Å². The quantitative estimate of drug-likeness (QED) is 0.678. The van der Waals surface area contributed by atoms with Crippen molar-refractivity contribution in [2.75, 3.05) is 13.6 Å². The minimum atomic E-state index is -0.592. The van der Waals surface area contributed by atoms with Crippen molar-refractivity contribution >= 4 is 11.9 Å². The fourth-order valence-electron chi connectivity index (χ4n) is 3.71. The second-order valence-corrected chi connectivity index (χ2v) is 5.52. The van der Waals surface area contributed by atoms with Gasteiger partial charge in [0.25, 0.3) is 5.91 Å². The first-order chi connectivity index (χ1) is 8.07. The smallest absolute Gasteiger partial charge is 0.323 e. The molecule has 2 atom stereocenters. The normalized spacial score (nSPS) is 41.4. The molecule has 17 heavy (non-hydrogen) atoms. The maximum atomic E-state index is 12.4. The second-order valence-electron chi connectivity index (χ2n) is 5.52. The van der Waals surface area contributed by atoms with Crippen LogP contribution in [0.5, 0.6) is 0 Å². The highest BCUT2D eigenvalue weighted by molar-refractivity contribution is 6.07.